The predicted molar refractivity (Wildman–Crippen MR) is 140 cm³/mol. The zero-order valence-corrected chi connectivity index (χ0v) is 21.4. The molecule has 0 atom stereocenters. The van der Waals surface area contributed by atoms with Crippen molar-refractivity contribution in [3.63, 3.8) is 0 Å². The molecule has 2 aromatic carbocycles. The second kappa shape index (κ2) is 13.6. The lowest BCUT2D eigenvalue weighted by Gasteiger charge is -2.31. The Labute approximate surface area is 218 Å². The van der Waals surface area contributed by atoms with Crippen LogP contribution in [0.25, 0.3) is 0 Å². The van der Waals surface area contributed by atoms with Crippen molar-refractivity contribution in [1.82, 2.24) is 14.7 Å². The molecule has 3 aromatic rings. The first-order valence-electron chi connectivity index (χ1n) is 12.7. The normalized spacial score (nSPS) is 13.8. The number of morpholine rings is 1. The highest BCUT2D eigenvalue weighted by atomic mass is 16.5. The number of carbonyl (C=O) groups is 2. The molecular formula is C29H35N3O5. The molecule has 2 heterocycles. The summed E-state index contributed by atoms with van der Waals surface area (Å²) in [6, 6.07) is 20.8. The summed E-state index contributed by atoms with van der Waals surface area (Å²) in [5.41, 5.74) is 1.68. The van der Waals surface area contributed by atoms with Gasteiger partial charge in [0, 0.05) is 38.3 Å². The molecule has 0 bridgehead atoms. The minimum absolute atomic E-state index is 0.00923. The SMILES string of the molecule is COc1ccc(C(=O)N(CCN2CCOCC2)CC(=O)N(CCc2ccccc2)Cc2ccco2)cc1. The molecule has 4 rings (SSSR count). The summed E-state index contributed by atoms with van der Waals surface area (Å²) < 4.78 is 16.2. The Hall–Kier alpha value is -3.62. The fourth-order valence-corrected chi connectivity index (χ4v) is 4.31. The third-order valence-corrected chi connectivity index (χ3v) is 6.53. The molecule has 0 N–H and O–H groups in total. The smallest absolute Gasteiger partial charge is 0.254 e. The maximum atomic E-state index is 13.6. The molecule has 1 fully saturated rings. The number of furan rings is 1. The molecule has 0 unspecified atom stereocenters. The van der Waals surface area contributed by atoms with E-state index in [9.17, 15) is 9.59 Å². The van der Waals surface area contributed by atoms with Crippen molar-refractivity contribution < 1.29 is 23.5 Å². The Morgan fingerprint density at radius 2 is 1.68 bits per heavy atom. The van der Waals surface area contributed by atoms with Gasteiger partial charge >= 0.3 is 0 Å². The molecule has 0 aliphatic carbocycles. The summed E-state index contributed by atoms with van der Waals surface area (Å²) in [5, 5.41) is 0. The third-order valence-electron chi connectivity index (χ3n) is 6.53. The van der Waals surface area contributed by atoms with Crippen LogP contribution >= 0.6 is 0 Å². The van der Waals surface area contributed by atoms with Gasteiger partial charge in [-0.25, -0.2) is 0 Å². The molecule has 8 nitrogen and oxygen atoms in total. The van der Waals surface area contributed by atoms with Gasteiger partial charge in [0.2, 0.25) is 5.91 Å². The lowest BCUT2D eigenvalue weighted by Crippen LogP contribution is -2.47. The largest absolute Gasteiger partial charge is 0.497 e. The number of nitrogens with zero attached hydrogens (tertiary/aromatic N) is 3. The minimum Gasteiger partial charge on any atom is -0.497 e. The first-order valence-corrected chi connectivity index (χ1v) is 12.7. The van der Waals surface area contributed by atoms with Gasteiger partial charge in [0.1, 0.15) is 18.1 Å². The first kappa shape index (κ1) is 26.4. The highest BCUT2D eigenvalue weighted by Crippen LogP contribution is 2.15. The van der Waals surface area contributed by atoms with Crippen molar-refractivity contribution in [2.45, 2.75) is 13.0 Å². The average Bonchev–Trinajstić information content (AvgIpc) is 3.47. The number of benzene rings is 2. The van der Waals surface area contributed by atoms with Crippen molar-refractivity contribution >= 4 is 11.8 Å². The average molecular weight is 506 g/mol. The number of hydrogen-bond acceptors (Lipinski definition) is 6. The lowest BCUT2D eigenvalue weighted by atomic mass is 10.1. The lowest BCUT2D eigenvalue weighted by molar-refractivity contribution is -0.132. The maximum absolute atomic E-state index is 13.6. The Kier molecular flexibility index (Phi) is 9.74. The summed E-state index contributed by atoms with van der Waals surface area (Å²) in [6.45, 7) is 5.00. The van der Waals surface area contributed by atoms with Gasteiger partial charge in [-0.3, -0.25) is 14.5 Å². The Morgan fingerprint density at radius 3 is 2.35 bits per heavy atom. The molecule has 1 aromatic heterocycles. The number of methoxy groups -OCH3 is 1. The summed E-state index contributed by atoms with van der Waals surface area (Å²) >= 11 is 0. The van der Waals surface area contributed by atoms with E-state index in [-0.39, 0.29) is 18.4 Å². The second-order valence-corrected chi connectivity index (χ2v) is 9.04. The fraction of sp³-hybridized carbons (Fsp3) is 0.379. The minimum atomic E-state index is -0.176. The van der Waals surface area contributed by atoms with E-state index in [1.807, 2.05) is 30.3 Å². The van der Waals surface area contributed by atoms with Crippen molar-refractivity contribution in [1.29, 1.82) is 0 Å². The van der Waals surface area contributed by atoms with E-state index in [1.54, 1.807) is 47.4 Å². The number of rotatable bonds is 12. The second-order valence-electron chi connectivity index (χ2n) is 9.04. The molecule has 0 radical (unpaired) electrons. The van der Waals surface area contributed by atoms with Crippen LogP contribution in [0, 0.1) is 0 Å². The van der Waals surface area contributed by atoms with Crippen molar-refractivity contribution in [3.05, 3.63) is 89.9 Å². The first-order chi connectivity index (χ1) is 18.1. The van der Waals surface area contributed by atoms with Crippen LogP contribution in [-0.2, 0) is 22.5 Å². The number of ether oxygens (including phenoxy) is 2. The van der Waals surface area contributed by atoms with Gasteiger partial charge in [0.15, 0.2) is 0 Å². The molecule has 1 aliphatic heterocycles. The van der Waals surface area contributed by atoms with E-state index in [0.717, 1.165) is 18.7 Å². The van der Waals surface area contributed by atoms with Crippen LogP contribution in [0.15, 0.2) is 77.4 Å². The fourth-order valence-electron chi connectivity index (χ4n) is 4.31. The highest BCUT2D eigenvalue weighted by Gasteiger charge is 2.24. The molecule has 196 valence electrons. The summed E-state index contributed by atoms with van der Waals surface area (Å²) in [7, 11) is 1.59. The molecule has 1 saturated heterocycles. The molecule has 0 spiro atoms. The van der Waals surface area contributed by atoms with E-state index < -0.39 is 0 Å². The Bertz CT molecular complexity index is 1100. The van der Waals surface area contributed by atoms with E-state index in [4.69, 9.17) is 13.9 Å². The molecule has 1 aliphatic rings. The van der Waals surface area contributed by atoms with Crippen molar-refractivity contribution in [2.24, 2.45) is 0 Å². The Morgan fingerprint density at radius 1 is 0.919 bits per heavy atom. The van der Waals surface area contributed by atoms with Gasteiger partial charge in [0.25, 0.3) is 5.91 Å². The zero-order valence-electron chi connectivity index (χ0n) is 21.4. The maximum Gasteiger partial charge on any atom is 0.254 e. The summed E-state index contributed by atoms with van der Waals surface area (Å²) in [4.78, 5) is 32.8. The molecule has 8 heteroatoms. The quantitative estimate of drug-likeness (QED) is 0.376. The summed E-state index contributed by atoms with van der Waals surface area (Å²) in [5.74, 6) is 1.10. The van der Waals surface area contributed by atoms with Crippen LogP contribution in [0.2, 0.25) is 0 Å². The van der Waals surface area contributed by atoms with E-state index in [0.29, 0.717) is 62.9 Å². The highest BCUT2D eigenvalue weighted by molar-refractivity contribution is 5.96. The van der Waals surface area contributed by atoms with E-state index >= 15 is 0 Å². The van der Waals surface area contributed by atoms with Gasteiger partial charge in [0.05, 0.1) is 33.1 Å². The summed E-state index contributed by atoms with van der Waals surface area (Å²) in [6.07, 6.45) is 2.32. The zero-order chi connectivity index (χ0) is 25.9. The van der Waals surface area contributed by atoms with Gasteiger partial charge in [-0.05, 0) is 48.4 Å². The van der Waals surface area contributed by atoms with E-state index in [1.165, 1.54) is 0 Å². The molecule has 0 saturated carbocycles. The van der Waals surface area contributed by atoms with Crippen LogP contribution in [-0.4, -0.2) is 86.1 Å². The number of hydrogen-bond donors (Lipinski definition) is 0. The number of carbonyl (C=O) groups excluding carboxylic acids is 2. The van der Waals surface area contributed by atoms with Crippen LogP contribution in [0.5, 0.6) is 5.75 Å². The monoisotopic (exact) mass is 505 g/mol. The van der Waals surface area contributed by atoms with Crippen LogP contribution < -0.4 is 4.74 Å². The molecule has 2 amide bonds. The van der Waals surface area contributed by atoms with Crippen molar-refractivity contribution in [3.8, 4) is 5.75 Å². The standard InChI is InChI=1S/C29H35N3O5/c1-35-26-11-9-25(10-12-26)29(34)32(16-15-30-17-20-36-21-18-30)23-28(33)31(22-27-8-5-19-37-27)14-13-24-6-3-2-4-7-24/h2-12,19H,13-18,20-23H2,1H3. The molecule has 37 heavy (non-hydrogen) atoms. The van der Waals surface area contributed by atoms with Gasteiger partial charge in [-0.15, -0.1) is 0 Å². The van der Waals surface area contributed by atoms with Crippen LogP contribution in [0.1, 0.15) is 21.7 Å². The third kappa shape index (κ3) is 7.93. The molecular weight excluding hydrogens is 470 g/mol. The van der Waals surface area contributed by atoms with E-state index in [2.05, 4.69) is 17.0 Å². The van der Waals surface area contributed by atoms with Crippen molar-refractivity contribution in [2.75, 3.05) is 59.6 Å². The van der Waals surface area contributed by atoms with Gasteiger partial charge in [-0.2, -0.15) is 0 Å². The van der Waals surface area contributed by atoms with Crippen LogP contribution in [0.3, 0.4) is 0 Å². The van der Waals surface area contributed by atoms with Gasteiger partial charge < -0.3 is 23.7 Å². The van der Waals surface area contributed by atoms with Crippen LogP contribution in [0.4, 0.5) is 0 Å². The topological polar surface area (TPSA) is 75.5 Å². The Balaban J connectivity index is 1.48. The number of amides is 2. The van der Waals surface area contributed by atoms with Gasteiger partial charge in [-0.1, -0.05) is 30.3 Å². The predicted octanol–water partition coefficient (Wildman–Crippen LogP) is 3.33.